The van der Waals surface area contributed by atoms with E-state index in [1.54, 1.807) is 6.07 Å². The van der Waals surface area contributed by atoms with E-state index in [0.717, 1.165) is 31.2 Å². The van der Waals surface area contributed by atoms with Gasteiger partial charge in [-0.3, -0.25) is 0 Å². The molecule has 2 heterocycles. The van der Waals surface area contributed by atoms with Gasteiger partial charge in [0.25, 0.3) is 0 Å². The third-order valence-electron chi connectivity index (χ3n) is 4.37. The van der Waals surface area contributed by atoms with Crippen molar-refractivity contribution in [3.63, 3.8) is 0 Å². The minimum absolute atomic E-state index is 0.0107. The van der Waals surface area contributed by atoms with Crippen LogP contribution in [0, 0.1) is 11.2 Å². The van der Waals surface area contributed by atoms with Gasteiger partial charge in [0.1, 0.15) is 5.82 Å². The SMILES string of the molecule is NCC1(Cc2ccc(Cl)c(F)c2)CC2CCC1O2. The normalized spacial score (nSPS) is 34.2. The van der Waals surface area contributed by atoms with Crippen molar-refractivity contribution in [1.82, 2.24) is 0 Å². The zero-order valence-corrected chi connectivity index (χ0v) is 10.9. The number of hydrogen-bond acceptors (Lipinski definition) is 2. The van der Waals surface area contributed by atoms with E-state index in [9.17, 15) is 4.39 Å². The third-order valence-corrected chi connectivity index (χ3v) is 4.68. The first-order valence-corrected chi connectivity index (χ1v) is 6.80. The van der Waals surface area contributed by atoms with Crippen LogP contribution in [-0.2, 0) is 11.2 Å². The zero-order valence-electron chi connectivity index (χ0n) is 10.2. The Balaban J connectivity index is 1.84. The summed E-state index contributed by atoms with van der Waals surface area (Å²) in [6.45, 7) is 0.596. The maximum Gasteiger partial charge on any atom is 0.142 e. The summed E-state index contributed by atoms with van der Waals surface area (Å²) >= 11 is 5.70. The van der Waals surface area contributed by atoms with Crippen LogP contribution in [0.3, 0.4) is 0 Å². The molecular weight excluding hydrogens is 253 g/mol. The molecule has 0 aliphatic carbocycles. The number of rotatable bonds is 3. The van der Waals surface area contributed by atoms with Crippen molar-refractivity contribution >= 4 is 11.6 Å². The molecule has 2 N–H and O–H groups in total. The predicted octanol–water partition coefficient (Wildman–Crippen LogP) is 2.92. The Labute approximate surface area is 111 Å². The number of halogens is 2. The van der Waals surface area contributed by atoms with Gasteiger partial charge in [0.2, 0.25) is 0 Å². The lowest BCUT2D eigenvalue weighted by molar-refractivity contribution is 0.0636. The van der Waals surface area contributed by atoms with E-state index in [4.69, 9.17) is 22.1 Å². The number of benzene rings is 1. The van der Waals surface area contributed by atoms with Gasteiger partial charge in [0.15, 0.2) is 0 Å². The quantitative estimate of drug-likeness (QED) is 0.916. The first-order valence-electron chi connectivity index (χ1n) is 6.42. The summed E-state index contributed by atoms with van der Waals surface area (Å²) in [6, 6.07) is 5.02. The molecule has 0 saturated carbocycles. The van der Waals surface area contributed by atoms with Gasteiger partial charge >= 0.3 is 0 Å². The van der Waals surface area contributed by atoms with E-state index in [1.165, 1.54) is 6.07 Å². The first-order chi connectivity index (χ1) is 8.63. The van der Waals surface area contributed by atoms with Gasteiger partial charge in [-0.15, -0.1) is 0 Å². The number of ether oxygens (including phenoxy) is 1. The van der Waals surface area contributed by atoms with E-state index >= 15 is 0 Å². The van der Waals surface area contributed by atoms with Crippen LogP contribution < -0.4 is 5.73 Å². The molecule has 2 fully saturated rings. The highest BCUT2D eigenvalue weighted by molar-refractivity contribution is 6.30. The summed E-state index contributed by atoms with van der Waals surface area (Å²) < 4.78 is 19.4. The largest absolute Gasteiger partial charge is 0.374 e. The standard InChI is InChI=1S/C14H17ClFNO/c15-11-3-1-9(5-12(11)16)6-14(8-17)7-10-2-4-13(14)18-10/h1,3,5,10,13H,2,4,6-8,17H2. The monoisotopic (exact) mass is 269 g/mol. The fraction of sp³-hybridized carbons (Fsp3) is 0.571. The molecule has 3 rings (SSSR count). The summed E-state index contributed by atoms with van der Waals surface area (Å²) in [4.78, 5) is 0. The average Bonchev–Trinajstić information content (AvgIpc) is 2.94. The Kier molecular flexibility index (Phi) is 3.08. The van der Waals surface area contributed by atoms with Crippen molar-refractivity contribution < 1.29 is 9.13 Å². The summed E-state index contributed by atoms with van der Waals surface area (Å²) in [6.07, 6.45) is 4.60. The average molecular weight is 270 g/mol. The molecule has 4 heteroatoms. The first kappa shape index (κ1) is 12.4. The van der Waals surface area contributed by atoms with Crippen molar-refractivity contribution in [1.29, 1.82) is 0 Å². The van der Waals surface area contributed by atoms with Crippen LogP contribution in [-0.4, -0.2) is 18.8 Å². The molecule has 3 unspecified atom stereocenters. The van der Waals surface area contributed by atoms with Gasteiger partial charge in [-0.2, -0.15) is 0 Å². The Hall–Kier alpha value is -0.640. The van der Waals surface area contributed by atoms with Crippen LogP contribution in [0.1, 0.15) is 24.8 Å². The maximum absolute atomic E-state index is 13.5. The highest BCUT2D eigenvalue weighted by Crippen LogP contribution is 2.49. The number of nitrogens with two attached hydrogens (primary N) is 1. The molecule has 18 heavy (non-hydrogen) atoms. The molecule has 98 valence electrons. The highest BCUT2D eigenvalue weighted by atomic mass is 35.5. The van der Waals surface area contributed by atoms with Gasteiger partial charge < -0.3 is 10.5 Å². The Morgan fingerprint density at radius 2 is 2.28 bits per heavy atom. The molecule has 2 bridgehead atoms. The molecule has 2 aliphatic heterocycles. The molecule has 2 aliphatic rings. The minimum Gasteiger partial charge on any atom is -0.374 e. The lowest BCUT2D eigenvalue weighted by atomic mass is 9.70. The third kappa shape index (κ3) is 1.94. The van der Waals surface area contributed by atoms with Crippen LogP contribution in [0.5, 0.6) is 0 Å². The van der Waals surface area contributed by atoms with E-state index in [-0.39, 0.29) is 22.4 Å². The molecule has 1 aromatic carbocycles. The summed E-state index contributed by atoms with van der Waals surface area (Å²) in [5, 5.41) is 0.171. The van der Waals surface area contributed by atoms with Crippen LogP contribution in [0.25, 0.3) is 0 Å². The second kappa shape index (κ2) is 4.48. The van der Waals surface area contributed by atoms with Crippen LogP contribution >= 0.6 is 11.6 Å². The lowest BCUT2D eigenvalue weighted by Crippen LogP contribution is -2.41. The van der Waals surface area contributed by atoms with Gasteiger partial charge in [-0.05, 0) is 43.4 Å². The smallest absolute Gasteiger partial charge is 0.142 e. The van der Waals surface area contributed by atoms with E-state index < -0.39 is 0 Å². The Bertz CT molecular complexity index is 467. The molecule has 2 saturated heterocycles. The summed E-state index contributed by atoms with van der Waals surface area (Å²) in [7, 11) is 0. The lowest BCUT2D eigenvalue weighted by Gasteiger charge is -2.34. The van der Waals surface area contributed by atoms with E-state index in [2.05, 4.69) is 0 Å². The van der Waals surface area contributed by atoms with Gasteiger partial charge in [-0.25, -0.2) is 4.39 Å². The number of fused-ring (bicyclic) bond motifs is 2. The fourth-order valence-corrected chi connectivity index (χ4v) is 3.54. The number of hydrogen-bond donors (Lipinski definition) is 1. The predicted molar refractivity (Wildman–Crippen MR) is 69.1 cm³/mol. The molecule has 0 radical (unpaired) electrons. The fourth-order valence-electron chi connectivity index (χ4n) is 3.42. The topological polar surface area (TPSA) is 35.2 Å². The van der Waals surface area contributed by atoms with Crippen LogP contribution in [0.4, 0.5) is 4.39 Å². The molecule has 0 aromatic heterocycles. The highest BCUT2D eigenvalue weighted by Gasteiger charge is 2.51. The molecule has 0 spiro atoms. The van der Waals surface area contributed by atoms with Crippen molar-refractivity contribution in [3.8, 4) is 0 Å². The molecule has 3 atom stereocenters. The van der Waals surface area contributed by atoms with Crippen molar-refractivity contribution in [3.05, 3.63) is 34.6 Å². The van der Waals surface area contributed by atoms with Crippen LogP contribution in [0.2, 0.25) is 5.02 Å². The maximum atomic E-state index is 13.5. The molecule has 1 aromatic rings. The molecular formula is C14H17ClFNO. The zero-order chi connectivity index (χ0) is 12.8. The summed E-state index contributed by atoms with van der Waals surface area (Å²) in [5.41, 5.74) is 6.92. The minimum atomic E-state index is -0.356. The van der Waals surface area contributed by atoms with Gasteiger partial charge in [0.05, 0.1) is 17.2 Å². The van der Waals surface area contributed by atoms with Gasteiger partial charge in [0, 0.05) is 12.0 Å². The second-order valence-electron chi connectivity index (χ2n) is 5.52. The van der Waals surface area contributed by atoms with Gasteiger partial charge in [-0.1, -0.05) is 17.7 Å². The van der Waals surface area contributed by atoms with Crippen molar-refractivity contribution in [2.45, 2.75) is 37.9 Å². The Morgan fingerprint density at radius 3 is 2.83 bits per heavy atom. The van der Waals surface area contributed by atoms with Crippen molar-refractivity contribution in [2.75, 3.05) is 6.54 Å². The Morgan fingerprint density at radius 1 is 1.44 bits per heavy atom. The molecule has 0 amide bonds. The van der Waals surface area contributed by atoms with E-state index in [1.807, 2.05) is 6.07 Å². The van der Waals surface area contributed by atoms with E-state index in [0.29, 0.717) is 12.6 Å². The van der Waals surface area contributed by atoms with Crippen LogP contribution in [0.15, 0.2) is 18.2 Å². The summed E-state index contributed by atoms with van der Waals surface area (Å²) in [5.74, 6) is -0.356. The molecule has 2 nitrogen and oxygen atoms in total. The second-order valence-corrected chi connectivity index (χ2v) is 5.93. The van der Waals surface area contributed by atoms with Crippen molar-refractivity contribution in [2.24, 2.45) is 11.1 Å².